The third-order valence-electron chi connectivity index (χ3n) is 3.96. The number of piperazine rings is 1. The molecule has 2 aromatic rings. The highest BCUT2D eigenvalue weighted by Gasteiger charge is 2.20. The summed E-state index contributed by atoms with van der Waals surface area (Å²) >= 11 is 0. The Hall–Kier alpha value is -2.05. The summed E-state index contributed by atoms with van der Waals surface area (Å²) < 4.78 is 31.5. The van der Waals surface area contributed by atoms with Crippen molar-refractivity contribution in [1.29, 1.82) is 0 Å². The fraction of sp³-hybridized carbons (Fsp3) is 0.353. The number of nitrogens with zero attached hydrogens (tertiary/aromatic N) is 2. The Kier molecular flexibility index (Phi) is 4.83. The molecule has 0 radical (unpaired) electrons. The lowest BCUT2D eigenvalue weighted by Crippen LogP contribution is -2.47. The van der Waals surface area contributed by atoms with Crippen molar-refractivity contribution < 1.29 is 18.0 Å². The number of carbonyl (C=O) groups excluding carboxylic acids is 1. The first-order valence-corrected chi connectivity index (χ1v) is 7.56. The molecule has 0 aliphatic carbocycles. The Labute approximate surface area is 133 Å². The van der Waals surface area contributed by atoms with Crippen molar-refractivity contribution in [1.82, 2.24) is 9.80 Å². The maximum absolute atomic E-state index is 13.2. The Morgan fingerprint density at radius 3 is 2.30 bits per heavy atom. The molecule has 1 aromatic carbocycles. The first-order valence-electron chi connectivity index (χ1n) is 7.56. The molecule has 1 aliphatic heterocycles. The second-order valence-corrected chi connectivity index (χ2v) is 5.73. The second kappa shape index (κ2) is 7.02. The maximum Gasteiger partial charge on any atom is 0.211 e. The van der Waals surface area contributed by atoms with E-state index < -0.39 is 11.6 Å². The number of rotatable bonds is 5. The van der Waals surface area contributed by atoms with Crippen molar-refractivity contribution in [3.63, 3.8) is 0 Å². The number of Topliss-reactive ketones (excluding diaryl/α,β-unsaturated/α-hetero) is 1. The summed E-state index contributed by atoms with van der Waals surface area (Å²) in [6, 6.07) is 6.95. The van der Waals surface area contributed by atoms with Gasteiger partial charge in [-0.25, -0.2) is 8.78 Å². The van der Waals surface area contributed by atoms with E-state index in [4.69, 9.17) is 4.42 Å². The van der Waals surface area contributed by atoms with Gasteiger partial charge in [-0.1, -0.05) is 0 Å². The molecular formula is C17H18F2N2O2. The van der Waals surface area contributed by atoms with Crippen LogP contribution in [0.4, 0.5) is 8.78 Å². The van der Waals surface area contributed by atoms with E-state index >= 15 is 0 Å². The lowest BCUT2D eigenvalue weighted by atomic mass is 10.2. The molecule has 23 heavy (non-hydrogen) atoms. The van der Waals surface area contributed by atoms with Gasteiger partial charge in [0.15, 0.2) is 5.76 Å². The molecule has 1 aliphatic rings. The molecule has 0 spiro atoms. The van der Waals surface area contributed by atoms with E-state index in [1.165, 1.54) is 18.4 Å². The van der Waals surface area contributed by atoms with Crippen LogP contribution in [0.25, 0.3) is 0 Å². The van der Waals surface area contributed by atoms with Crippen LogP contribution in [-0.4, -0.2) is 48.3 Å². The first kappa shape index (κ1) is 15.8. The minimum Gasteiger partial charge on any atom is -0.461 e. The molecule has 0 unspecified atom stereocenters. The number of hydrogen-bond donors (Lipinski definition) is 0. The Bertz CT molecular complexity index is 645. The largest absolute Gasteiger partial charge is 0.461 e. The standard InChI is InChI=1S/C17H18F2N2O2/c18-14-8-13(9-15(19)10-14)11-20-3-5-21(6-4-20)12-16(22)17-2-1-7-23-17/h1-2,7-10H,3-6,11-12H2. The van der Waals surface area contributed by atoms with E-state index in [9.17, 15) is 13.6 Å². The molecule has 0 bridgehead atoms. The zero-order valence-corrected chi connectivity index (χ0v) is 12.7. The summed E-state index contributed by atoms with van der Waals surface area (Å²) in [5, 5.41) is 0. The van der Waals surface area contributed by atoms with E-state index in [2.05, 4.69) is 9.80 Å². The van der Waals surface area contributed by atoms with Crippen LogP contribution in [0.15, 0.2) is 41.0 Å². The van der Waals surface area contributed by atoms with E-state index in [1.807, 2.05) is 0 Å². The Balaban J connectivity index is 1.49. The summed E-state index contributed by atoms with van der Waals surface area (Å²) in [7, 11) is 0. The predicted octanol–water partition coefficient (Wildman–Crippen LogP) is 2.56. The smallest absolute Gasteiger partial charge is 0.211 e. The van der Waals surface area contributed by atoms with Gasteiger partial charge in [0.05, 0.1) is 12.8 Å². The van der Waals surface area contributed by atoms with Gasteiger partial charge in [-0.3, -0.25) is 14.6 Å². The van der Waals surface area contributed by atoms with Gasteiger partial charge in [0.25, 0.3) is 0 Å². The zero-order chi connectivity index (χ0) is 16.2. The molecule has 0 atom stereocenters. The van der Waals surface area contributed by atoms with Crippen molar-refractivity contribution in [2.24, 2.45) is 0 Å². The molecule has 0 N–H and O–H groups in total. The molecule has 6 heteroatoms. The van der Waals surface area contributed by atoms with Crippen LogP contribution in [0.5, 0.6) is 0 Å². The van der Waals surface area contributed by atoms with Gasteiger partial charge in [-0.2, -0.15) is 0 Å². The third-order valence-corrected chi connectivity index (χ3v) is 3.96. The van der Waals surface area contributed by atoms with Gasteiger partial charge in [-0.15, -0.1) is 0 Å². The number of ketones is 1. The zero-order valence-electron chi connectivity index (χ0n) is 12.7. The quantitative estimate of drug-likeness (QED) is 0.794. The summed E-state index contributed by atoms with van der Waals surface area (Å²) in [5.74, 6) is -0.760. The molecule has 3 rings (SSSR count). The van der Waals surface area contributed by atoms with Crippen LogP contribution in [0.2, 0.25) is 0 Å². The average Bonchev–Trinajstić information content (AvgIpc) is 3.02. The maximum atomic E-state index is 13.2. The van der Waals surface area contributed by atoms with Crippen molar-refractivity contribution in [3.05, 3.63) is 59.6 Å². The van der Waals surface area contributed by atoms with E-state index in [-0.39, 0.29) is 5.78 Å². The molecule has 4 nitrogen and oxygen atoms in total. The molecule has 2 heterocycles. The fourth-order valence-electron chi connectivity index (χ4n) is 2.78. The Morgan fingerprint density at radius 2 is 1.70 bits per heavy atom. The lowest BCUT2D eigenvalue weighted by Gasteiger charge is -2.34. The van der Waals surface area contributed by atoms with E-state index in [0.717, 1.165) is 32.2 Å². The molecule has 0 amide bonds. The second-order valence-electron chi connectivity index (χ2n) is 5.73. The third kappa shape index (κ3) is 4.24. The highest BCUT2D eigenvalue weighted by molar-refractivity contribution is 5.94. The van der Waals surface area contributed by atoms with Crippen LogP contribution in [0.3, 0.4) is 0 Å². The van der Waals surface area contributed by atoms with Crippen molar-refractivity contribution in [2.45, 2.75) is 6.54 Å². The molecule has 1 saturated heterocycles. The van der Waals surface area contributed by atoms with E-state index in [0.29, 0.717) is 24.4 Å². The van der Waals surface area contributed by atoms with Crippen LogP contribution in [0.1, 0.15) is 16.1 Å². The number of halogens is 2. The molecular weight excluding hydrogens is 302 g/mol. The minimum atomic E-state index is -0.553. The fourth-order valence-corrected chi connectivity index (χ4v) is 2.78. The molecule has 1 aromatic heterocycles. The monoisotopic (exact) mass is 320 g/mol. The van der Waals surface area contributed by atoms with Crippen LogP contribution >= 0.6 is 0 Å². The minimum absolute atomic E-state index is 0.0318. The number of benzene rings is 1. The van der Waals surface area contributed by atoms with Gasteiger partial charge in [0.1, 0.15) is 11.6 Å². The van der Waals surface area contributed by atoms with Gasteiger partial charge in [-0.05, 0) is 29.8 Å². The van der Waals surface area contributed by atoms with Crippen molar-refractivity contribution >= 4 is 5.78 Å². The van der Waals surface area contributed by atoms with Crippen molar-refractivity contribution in [2.75, 3.05) is 32.7 Å². The average molecular weight is 320 g/mol. The summed E-state index contributed by atoms with van der Waals surface area (Å²) in [4.78, 5) is 16.2. The van der Waals surface area contributed by atoms with Gasteiger partial charge >= 0.3 is 0 Å². The normalized spacial score (nSPS) is 16.6. The summed E-state index contributed by atoms with van der Waals surface area (Å²) in [5.41, 5.74) is 0.627. The van der Waals surface area contributed by atoms with Crippen LogP contribution < -0.4 is 0 Å². The number of hydrogen-bond acceptors (Lipinski definition) is 4. The summed E-state index contributed by atoms with van der Waals surface area (Å²) in [6.45, 7) is 3.83. The van der Waals surface area contributed by atoms with Gasteiger partial charge in [0.2, 0.25) is 5.78 Å². The van der Waals surface area contributed by atoms with Crippen molar-refractivity contribution in [3.8, 4) is 0 Å². The lowest BCUT2D eigenvalue weighted by molar-refractivity contribution is 0.0818. The van der Waals surface area contributed by atoms with E-state index in [1.54, 1.807) is 12.1 Å². The number of carbonyl (C=O) groups is 1. The Morgan fingerprint density at radius 1 is 1.04 bits per heavy atom. The highest BCUT2D eigenvalue weighted by Crippen LogP contribution is 2.13. The van der Waals surface area contributed by atoms with Crippen LogP contribution in [0, 0.1) is 11.6 Å². The van der Waals surface area contributed by atoms with Gasteiger partial charge in [0, 0.05) is 38.8 Å². The molecule has 122 valence electrons. The molecule has 1 fully saturated rings. The van der Waals surface area contributed by atoms with Crippen LogP contribution in [-0.2, 0) is 6.54 Å². The first-order chi connectivity index (χ1) is 11.1. The number of furan rings is 1. The van der Waals surface area contributed by atoms with Gasteiger partial charge < -0.3 is 4.42 Å². The highest BCUT2D eigenvalue weighted by atomic mass is 19.1. The SMILES string of the molecule is O=C(CN1CCN(Cc2cc(F)cc(F)c2)CC1)c1ccco1. The summed E-state index contributed by atoms with van der Waals surface area (Å²) in [6.07, 6.45) is 1.49. The molecule has 0 saturated carbocycles. The predicted molar refractivity (Wildman–Crippen MR) is 81.1 cm³/mol. The topological polar surface area (TPSA) is 36.7 Å².